The number of benzene rings is 1. The smallest absolute Gasteiger partial charge is 0.134 e. The van der Waals surface area contributed by atoms with E-state index < -0.39 is 0 Å². The minimum atomic E-state index is 0.551. The average Bonchev–Trinajstić information content (AvgIpc) is 3.02. The van der Waals surface area contributed by atoms with Crippen LogP contribution in [0.1, 0.15) is 48.7 Å². The number of halogens is 1. The molecule has 21 heavy (non-hydrogen) atoms. The highest BCUT2D eigenvalue weighted by molar-refractivity contribution is 6.29. The second kappa shape index (κ2) is 6.44. The summed E-state index contributed by atoms with van der Waals surface area (Å²) in [6, 6.07) is 9.92. The van der Waals surface area contributed by atoms with Crippen LogP contribution in [0.4, 0.5) is 0 Å². The SMILES string of the molecule is COc1ccc(Cc2nc(Cl)cc(C3CCCC3)n2)cc1. The molecule has 2 aromatic rings. The summed E-state index contributed by atoms with van der Waals surface area (Å²) in [7, 11) is 1.67. The molecule has 0 unspecified atom stereocenters. The van der Waals surface area contributed by atoms with Gasteiger partial charge in [-0.25, -0.2) is 9.97 Å². The lowest BCUT2D eigenvalue weighted by molar-refractivity contribution is 0.414. The zero-order valence-electron chi connectivity index (χ0n) is 12.2. The van der Waals surface area contributed by atoms with Crippen LogP contribution in [0.3, 0.4) is 0 Å². The molecule has 0 atom stereocenters. The Morgan fingerprint density at radius 1 is 1.14 bits per heavy atom. The lowest BCUT2D eigenvalue weighted by Gasteiger charge is -2.10. The van der Waals surface area contributed by atoms with Crippen molar-refractivity contribution in [3.05, 3.63) is 52.6 Å². The molecule has 0 spiro atoms. The molecule has 0 amide bonds. The van der Waals surface area contributed by atoms with Gasteiger partial charge in [0.2, 0.25) is 0 Å². The van der Waals surface area contributed by atoms with E-state index in [0.29, 0.717) is 17.5 Å². The molecule has 1 aromatic carbocycles. The summed E-state index contributed by atoms with van der Waals surface area (Å²) in [5, 5.41) is 0.551. The van der Waals surface area contributed by atoms with Crippen LogP contribution < -0.4 is 4.74 Å². The van der Waals surface area contributed by atoms with Crippen molar-refractivity contribution in [2.24, 2.45) is 0 Å². The fraction of sp³-hybridized carbons (Fsp3) is 0.412. The molecular weight excluding hydrogens is 284 g/mol. The predicted octanol–water partition coefficient (Wildman–Crippen LogP) is 4.39. The minimum Gasteiger partial charge on any atom is -0.497 e. The summed E-state index contributed by atoms with van der Waals surface area (Å²) >= 11 is 6.17. The van der Waals surface area contributed by atoms with Crippen molar-refractivity contribution >= 4 is 11.6 Å². The number of ether oxygens (including phenoxy) is 1. The molecule has 3 nitrogen and oxygen atoms in total. The quantitative estimate of drug-likeness (QED) is 0.786. The maximum absolute atomic E-state index is 6.17. The van der Waals surface area contributed by atoms with E-state index in [9.17, 15) is 0 Å². The molecule has 1 aliphatic rings. The molecule has 1 heterocycles. The lowest BCUT2D eigenvalue weighted by Crippen LogP contribution is -2.04. The zero-order valence-corrected chi connectivity index (χ0v) is 12.9. The summed E-state index contributed by atoms with van der Waals surface area (Å²) in [5.41, 5.74) is 2.27. The average molecular weight is 303 g/mol. The van der Waals surface area contributed by atoms with Crippen molar-refractivity contribution in [3.63, 3.8) is 0 Å². The van der Waals surface area contributed by atoms with Crippen molar-refractivity contribution in [1.29, 1.82) is 0 Å². The van der Waals surface area contributed by atoms with Gasteiger partial charge in [-0.05, 0) is 36.6 Å². The number of nitrogens with zero attached hydrogens (tertiary/aromatic N) is 2. The van der Waals surface area contributed by atoms with Crippen LogP contribution in [-0.4, -0.2) is 17.1 Å². The standard InChI is InChI=1S/C17H19ClN2O/c1-21-14-8-6-12(7-9-14)10-17-19-15(11-16(18)20-17)13-4-2-3-5-13/h6-9,11,13H,2-5,10H2,1H3. The molecule has 3 rings (SSSR count). The molecule has 0 radical (unpaired) electrons. The highest BCUT2D eigenvalue weighted by Gasteiger charge is 2.19. The van der Waals surface area contributed by atoms with Gasteiger partial charge >= 0.3 is 0 Å². The largest absolute Gasteiger partial charge is 0.497 e. The van der Waals surface area contributed by atoms with Crippen LogP contribution in [-0.2, 0) is 6.42 Å². The summed E-state index contributed by atoms with van der Waals surface area (Å²) in [5.74, 6) is 2.21. The lowest BCUT2D eigenvalue weighted by atomic mass is 10.0. The number of methoxy groups -OCH3 is 1. The van der Waals surface area contributed by atoms with Crippen molar-refractivity contribution in [2.45, 2.75) is 38.0 Å². The maximum Gasteiger partial charge on any atom is 0.134 e. The number of aromatic nitrogens is 2. The fourth-order valence-corrected chi connectivity index (χ4v) is 3.13. The third kappa shape index (κ3) is 3.53. The molecule has 1 saturated carbocycles. The minimum absolute atomic E-state index is 0.551. The normalized spacial score (nSPS) is 15.3. The molecule has 0 bridgehead atoms. The van der Waals surface area contributed by atoms with Gasteiger partial charge in [-0.15, -0.1) is 0 Å². The molecule has 0 saturated heterocycles. The van der Waals surface area contributed by atoms with Crippen LogP contribution in [0, 0.1) is 0 Å². The third-order valence-electron chi connectivity index (χ3n) is 4.06. The van der Waals surface area contributed by atoms with E-state index in [0.717, 1.165) is 22.8 Å². The van der Waals surface area contributed by atoms with Gasteiger partial charge in [0.1, 0.15) is 16.7 Å². The van der Waals surface area contributed by atoms with E-state index in [4.69, 9.17) is 21.3 Å². The Kier molecular flexibility index (Phi) is 4.39. The first-order chi connectivity index (χ1) is 10.2. The van der Waals surface area contributed by atoms with Gasteiger partial charge in [-0.3, -0.25) is 0 Å². The fourth-order valence-electron chi connectivity index (χ4n) is 2.92. The van der Waals surface area contributed by atoms with Crippen LogP contribution in [0.2, 0.25) is 5.15 Å². The van der Waals surface area contributed by atoms with E-state index in [2.05, 4.69) is 4.98 Å². The highest BCUT2D eigenvalue weighted by Crippen LogP contribution is 2.33. The van der Waals surface area contributed by atoms with E-state index >= 15 is 0 Å². The molecule has 1 aromatic heterocycles. The molecule has 0 aliphatic heterocycles. The molecule has 0 N–H and O–H groups in total. The number of hydrogen-bond acceptors (Lipinski definition) is 3. The van der Waals surface area contributed by atoms with E-state index in [1.165, 1.54) is 25.7 Å². The Morgan fingerprint density at radius 2 is 1.86 bits per heavy atom. The van der Waals surface area contributed by atoms with Gasteiger partial charge in [-0.1, -0.05) is 36.6 Å². The first-order valence-corrected chi connectivity index (χ1v) is 7.78. The van der Waals surface area contributed by atoms with Gasteiger partial charge in [-0.2, -0.15) is 0 Å². The van der Waals surface area contributed by atoms with E-state index in [1.807, 2.05) is 30.3 Å². The summed E-state index contributed by atoms with van der Waals surface area (Å²) in [6.45, 7) is 0. The highest BCUT2D eigenvalue weighted by atomic mass is 35.5. The van der Waals surface area contributed by atoms with E-state index in [1.54, 1.807) is 7.11 Å². The first kappa shape index (κ1) is 14.3. The molecule has 4 heteroatoms. The Balaban J connectivity index is 1.80. The van der Waals surface area contributed by atoms with Crippen molar-refractivity contribution in [3.8, 4) is 5.75 Å². The molecule has 1 fully saturated rings. The Bertz CT molecular complexity index is 607. The molecule has 1 aliphatic carbocycles. The van der Waals surface area contributed by atoms with Gasteiger partial charge < -0.3 is 4.74 Å². The number of rotatable bonds is 4. The summed E-state index contributed by atoms with van der Waals surface area (Å²) < 4.78 is 5.17. The number of hydrogen-bond donors (Lipinski definition) is 0. The molecular formula is C17H19ClN2O. The van der Waals surface area contributed by atoms with Crippen molar-refractivity contribution < 1.29 is 4.74 Å². The second-order valence-corrected chi connectivity index (χ2v) is 5.93. The van der Waals surface area contributed by atoms with Crippen LogP contribution in [0.5, 0.6) is 5.75 Å². The topological polar surface area (TPSA) is 35.0 Å². The summed E-state index contributed by atoms with van der Waals surface area (Å²) in [6.07, 6.45) is 5.72. The first-order valence-electron chi connectivity index (χ1n) is 7.41. The maximum atomic E-state index is 6.17. The van der Waals surface area contributed by atoms with Crippen LogP contribution >= 0.6 is 11.6 Å². The Morgan fingerprint density at radius 3 is 2.52 bits per heavy atom. The Labute approximate surface area is 130 Å². The van der Waals surface area contributed by atoms with Crippen molar-refractivity contribution in [2.75, 3.05) is 7.11 Å². The second-order valence-electron chi connectivity index (χ2n) is 5.54. The monoisotopic (exact) mass is 302 g/mol. The molecule has 110 valence electrons. The Hall–Kier alpha value is -1.61. The van der Waals surface area contributed by atoms with Gasteiger partial charge in [0.25, 0.3) is 0 Å². The van der Waals surface area contributed by atoms with Crippen molar-refractivity contribution in [1.82, 2.24) is 9.97 Å². The van der Waals surface area contributed by atoms with Gasteiger partial charge in [0, 0.05) is 18.0 Å². The van der Waals surface area contributed by atoms with Gasteiger partial charge in [0.15, 0.2) is 0 Å². The van der Waals surface area contributed by atoms with Crippen LogP contribution in [0.15, 0.2) is 30.3 Å². The van der Waals surface area contributed by atoms with Gasteiger partial charge in [0.05, 0.1) is 7.11 Å². The van der Waals surface area contributed by atoms with Crippen LogP contribution in [0.25, 0.3) is 0 Å². The zero-order chi connectivity index (χ0) is 14.7. The third-order valence-corrected chi connectivity index (χ3v) is 4.25. The van der Waals surface area contributed by atoms with E-state index in [-0.39, 0.29) is 0 Å². The summed E-state index contributed by atoms with van der Waals surface area (Å²) in [4.78, 5) is 9.09. The predicted molar refractivity (Wildman–Crippen MR) is 84.1 cm³/mol.